The Bertz CT molecular complexity index is 1190. The molecule has 3 aromatic rings. The van der Waals surface area contributed by atoms with Gasteiger partial charge >= 0.3 is 0 Å². The third-order valence-corrected chi connectivity index (χ3v) is 5.88. The summed E-state index contributed by atoms with van der Waals surface area (Å²) >= 11 is 0. The molecule has 1 atom stereocenters. The highest BCUT2D eigenvalue weighted by molar-refractivity contribution is 6.06. The first-order valence-corrected chi connectivity index (χ1v) is 11.2. The van der Waals surface area contributed by atoms with Crippen molar-refractivity contribution in [2.24, 2.45) is 11.0 Å². The van der Waals surface area contributed by atoms with Gasteiger partial charge in [-0.2, -0.15) is 5.10 Å². The smallest absolute Gasteiger partial charge is 0.272 e. The molecule has 0 aliphatic carbocycles. The van der Waals surface area contributed by atoms with Crippen LogP contribution in [-0.4, -0.2) is 41.7 Å². The summed E-state index contributed by atoms with van der Waals surface area (Å²) in [7, 11) is 3.20. The average Bonchev–Trinajstić information content (AvgIpc) is 3.41. The molecule has 0 fully saturated rings. The van der Waals surface area contributed by atoms with E-state index in [1.807, 2.05) is 42.5 Å². The summed E-state index contributed by atoms with van der Waals surface area (Å²) in [6.07, 6.45) is 2.91. The molecule has 1 aromatic heterocycles. The number of methoxy groups -OCH3 is 2. The number of carbonyl (C=O) groups excluding carboxylic acids is 2. The minimum atomic E-state index is -0.210. The van der Waals surface area contributed by atoms with Crippen molar-refractivity contribution in [2.45, 2.75) is 26.3 Å². The molecule has 1 aliphatic rings. The zero-order valence-corrected chi connectivity index (χ0v) is 19.5. The summed E-state index contributed by atoms with van der Waals surface area (Å²) in [5.74, 6) is 1.08. The van der Waals surface area contributed by atoms with E-state index in [0.29, 0.717) is 35.8 Å². The number of amides is 2. The number of anilines is 1. The number of ether oxygens (including phenoxy) is 2. The van der Waals surface area contributed by atoms with Gasteiger partial charge < -0.3 is 19.8 Å². The molecule has 0 radical (unpaired) electrons. The van der Waals surface area contributed by atoms with Gasteiger partial charge in [-0.15, -0.1) is 0 Å². The molecule has 34 heavy (non-hydrogen) atoms. The average molecular weight is 461 g/mol. The second-order valence-electron chi connectivity index (χ2n) is 8.05. The number of hydrogen-bond acceptors (Lipinski definition) is 5. The van der Waals surface area contributed by atoms with Crippen LogP contribution in [0.4, 0.5) is 5.69 Å². The molecule has 2 amide bonds. The van der Waals surface area contributed by atoms with Crippen molar-refractivity contribution < 1.29 is 19.1 Å². The van der Waals surface area contributed by atoms with Crippen LogP contribution in [0.2, 0.25) is 0 Å². The Morgan fingerprint density at radius 1 is 1.12 bits per heavy atom. The molecule has 8 nitrogen and oxygen atoms in total. The number of H-pyrrole nitrogens is 1. The van der Waals surface area contributed by atoms with E-state index < -0.39 is 0 Å². The van der Waals surface area contributed by atoms with Crippen molar-refractivity contribution in [1.29, 1.82) is 0 Å². The first-order chi connectivity index (χ1) is 16.5. The van der Waals surface area contributed by atoms with Crippen molar-refractivity contribution in [2.75, 3.05) is 19.5 Å². The number of nitrogens with one attached hydrogen (secondary N) is 2. The highest BCUT2D eigenvalue weighted by Crippen LogP contribution is 2.31. The molecule has 2 heterocycles. The molecule has 2 N–H and O–H groups in total. The zero-order chi connectivity index (χ0) is 24.1. The fourth-order valence-corrected chi connectivity index (χ4v) is 3.97. The van der Waals surface area contributed by atoms with E-state index in [1.165, 1.54) is 5.01 Å². The van der Waals surface area contributed by atoms with Crippen LogP contribution < -0.4 is 14.8 Å². The Hall–Kier alpha value is -4.07. The van der Waals surface area contributed by atoms with Crippen LogP contribution in [0.25, 0.3) is 0 Å². The van der Waals surface area contributed by atoms with Crippen LogP contribution in [0, 0.1) is 5.92 Å². The monoisotopic (exact) mass is 460 g/mol. The predicted octanol–water partition coefficient (Wildman–Crippen LogP) is 4.45. The molecule has 0 spiro atoms. The maximum atomic E-state index is 12.8. The number of hydrogen-bond donors (Lipinski definition) is 2. The first-order valence-electron chi connectivity index (χ1n) is 11.2. The Kier molecular flexibility index (Phi) is 6.96. The van der Waals surface area contributed by atoms with Crippen LogP contribution in [0.1, 0.15) is 41.4 Å². The van der Waals surface area contributed by atoms with Crippen molar-refractivity contribution in [3.63, 3.8) is 0 Å². The fourth-order valence-electron chi connectivity index (χ4n) is 3.97. The molecular formula is C26H28N4O4. The molecule has 1 unspecified atom stereocenters. The largest absolute Gasteiger partial charge is 0.493 e. The van der Waals surface area contributed by atoms with Gasteiger partial charge in [0.2, 0.25) is 5.91 Å². The minimum absolute atomic E-state index is 0.0137. The Morgan fingerprint density at radius 3 is 2.53 bits per heavy atom. The molecule has 0 bridgehead atoms. The molecule has 0 saturated heterocycles. The van der Waals surface area contributed by atoms with Crippen molar-refractivity contribution in [3.05, 3.63) is 77.6 Å². The first kappa shape index (κ1) is 23.1. The number of aromatic amines is 1. The van der Waals surface area contributed by atoms with E-state index in [9.17, 15) is 9.59 Å². The van der Waals surface area contributed by atoms with Gasteiger partial charge in [-0.25, -0.2) is 5.01 Å². The van der Waals surface area contributed by atoms with Gasteiger partial charge in [-0.3, -0.25) is 9.59 Å². The summed E-state index contributed by atoms with van der Waals surface area (Å²) in [5.41, 5.74) is 3.85. The highest BCUT2D eigenvalue weighted by Gasteiger charge is 2.29. The summed E-state index contributed by atoms with van der Waals surface area (Å²) < 4.78 is 10.8. The summed E-state index contributed by atoms with van der Waals surface area (Å²) in [6, 6.07) is 16.6. The number of rotatable bonds is 8. The van der Waals surface area contributed by atoms with Crippen molar-refractivity contribution in [3.8, 4) is 11.5 Å². The van der Waals surface area contributed by atoms with E-state index >= 15 is 0 Å². The molecule has 4 rings (SSSR count). The quantitative estimate of drug-likeness (QED) is 0.519. The normalized spacial score (nSPS) is 15.6. The van der Waals surface area contributed by atoms with E-state index in [2.05, 4.69) is 17.2 Å². The minimum Gasteiger partial charge on any atom is -0.493 e. The van der Waals surface area contributed by atoms with Crippen LogP contribution in [0.3, 0.4) is 0 Å². The Balaban J connectivity index is 1.53. The van der Waals surface area contributed by atoms with Gasteiger partial charge in [0.15, 0.2) is 11.5 Å². The van der Waals surface area contributed by atoms with Gasteiger partial charge in [-0.1, -0.05) is 19.1 Å². The van der Waals surface area contributed by atoms with Crippen LogP contribution in [0.15, 0.2) is 65.9 Å². The van der Waals surface area contributed by atoms with E-state index in [-0.39, 0.29) is 17.7 Å². The van der Waals surface area contributed by atoms with Crippen molar-refractivity contribution in [1.82, 2.24) is 9.99 Å². The molecule has 1 aliphatic heterocycles. The fraction of sp³-hybridized carbons (Fsp3) is 0.269. The molecule has 0 saturated carbocycles. The van der Waals surface area contributed by atoms with Gasteiger partial charge in [-0.05, 0) is 54.4 Å². The molecule has 8 heteroatoms. The summed E-state index contributed by atoms with van der Waals surface area (Å²) in [4.78, 5) is 27.9. The lowest BCUT2D eigenvalue weighted by molar-refractivity contribution is -0.133. The lowest BCUT2D eigenvalue weighted by Gasteiger charge is -2.29. The second kappa shape index (κ2) is 10.2. The van der Waals surface area contributed by atoms with Crippen LogP contribution in [0.5, 0.6) is 11.5 Å². The second-order valence-corrected chi connectivity index (χ2v) is 8.05. The van der Waals surface area contributed by atoms with Gasteiger partial charge in [0.05, 0.1) is 26.5 Å². The molecule has 2 aromatic carbocycles. The zero-order valence-electron chi connectivity index (χ0n) is 19.5. The number of benzene rings is 2. The molecule has 176 valence electrons. The third-order valence-electron chi connectivity index (χ3n) is 5.88. The topological polar surface area (TPSA) is 96.0 Å². The number of nitrogens with zero attached hydrogens (tertiary/aromatic N) is 2. The van der Waals surface area contributed by atoms with Gasteiger partial charge in [0, 0.05) is 29.8 Å². The lowest BCUT2D eigenvalue weighted by atomic mass is 9.89. The number of aromatic nitrogens is 1. The number of carbonyl (C=O) groups is 2. The van der Waals surface area contributed by atoms with E-state index in [1.54, 1.807) is 32.5 Å². The van der Waals surface area contributed by atoms with E-state index in [4.69, 9.17) is 14.6 Å². The highest BCUT2D eigenvalue weighted by atomic mass is 16.5. The van der Waals surface area contributed by atoms with Gasteiger partial charge in [0.1, 0.15) is 5.69 Å². The standard InChI is InChI=1S/C26H28N4O4/c1-4-18-15-24(31)30(29-25(18)19-9-12-22(33-2)23(14-19)34-3)16-17-7-10-20(11-8-17)28-26(32)21-6-5-13-27-21/h5-14,18,27H,4,15-16H2,1-3H3,(H,28,32). The number of hydrazone groups is 1. The maximum absolute atomic E-state index is 12.8. The Morgan fingerprint density at radius 2 is 1.88 bits per heavy atom. The van der Waals surface area contributed by atoms with Crippen LogP contribution >= 0.6 is 0 Å². The molecular weight excluding hydrogens is 432 g/mol. The van der Waals surface area contributed by atoms with Gasteiger partial charge in [0.25, 0.3) is 5.91 Å². The lowest BCUT2D eigenvalue weighted by Crippen LogP contribution is -2.36. The predicted molar refractivity (Wildman–Crippen MR) is 130 cm³/mol. The van der Waals surface area contributed by atoms with Crippen molar-refractivity contribution >= 4 is 23.2 Å². The summed E-state index contributed by atoms with van der Waals surface area (Å²) in [6.45, 7) is 2.40. The third kappa shape index (κ3) is 4.96. The summed E-state index contributed by atoms with van der Waals surface area (Å²) in [5, 5.41) is 9.11. The Labute approximate surface area is 198 Å². The van der Waals surface area contributed by atoms with Crippen LogP contribution in [-0.2, 0) is 11.3 Å². The van der Waals surface area contributed by atoms with E-state index in [0.717, 1.165) is 23.3 Å². The SMILES string of the molecule is CCC1CC(=O)N(Cc2ccc(NC(=O)c3ccc[nH]3)cc2)N=C1c1ccc(OC)c(OC)c1. The maximum Gasteiger partial charge on any atom is 0.272 e.